The van der Waals surface area contributed by atoms with Crippen molar-refractivity contribution in [3.63, 3.8) is 0 Å². The van der Waals surface area contributed by atoms with Crippen molar-refractivity contribution in [2.24, 2.45) is 5.92 Å². The Labute approximate surface area is 146 Å². The Morgan fingerprint density at radius 1 is 1.24 bits per heavy atom. The zero-order valence-corrected chi connectivity index (χ0v) is 14.3. The molecule has 2 rings (SSSR count). The third kappa shape index (κ3) is 5.99. The zero-order chi connectivity index (χ0) is 18.2. The van der Waals surface area contributed by atoms with Crippen molar-refractivity contribution < 1.29 is 23.1 Å². The Morgan fingerprint density at radius 3 is 2.44 bits per heavy atom. The fourth-order valence-corrected chi connectivity index (χ4v) is 2.86. The van der Waals surface area contributed by atoms with E-state index in [1.165, 1.54) is 12.1 Å². The van der Waals surface area contributed by atoms with Gasteiger partial charge >= 0.3 is 6.61 Å². The number of alkyl halides is 2. The second-order valence-corrected chi connectivity index (χ2v) is 6.15. The number of likely N-dealkylation sites (tertiary alicyclic amines) is 1. The maximum Gasteiger partial charge on any atom is 0.387 e. The topological polar surface area (TPSA) is 58.6 Å². The minimum absolute atomic E-state index is 0.0186. The summed E-state index contributed by atoms with van der Waals surface area (Å²) in [4.78, 5) is 26.1. The molecule has 1 heterocycles. The van der Waals surface area contributed by atoms with E-state index in [1.54, 1.807) is 17.0 Å². The Hall–Kier alpha value is -2.18. The lowest BCUT2D eigenvalue weighted by atomic mass is 9.95. The van der Waals surface area contributed by atoms with E-state index in [0.717, 1.165) is 12.0 Å². The largest absolute Gasteiger partial charge is 0.435 e. The van der Waals surface area contributed by atoms with Gasteiger partial charge in [0.15, 0.2) is 0 Å². The highest BCUT2D eigenvalue weighted by atomic mass is 19.3. The summed E-state index contributed by atoms with van der Waals surface area (Å²) in [5, 5.41) is 2.90. The van der Waals surface area contributed by atoms with E-state index in [0.29, 0.717) is 32.5 Å². The van der Waals surface area contributed by atoms with Gasteiger partial charge in [-0.25, -0.2) is 0 Å². The standard InChI is InChI=1S/C18H24F2N2O3/c1-2-9-21-17(24)14-7-10-22(11-8-14)16(23)12-13-3-5-15(6-4-13)25-18(19)20/h3-6,14,18H,2,7-12H2,1H3,(H,21,24). The maximum atomic E-state index is 12.4. The molecule has 0 atom stereocenters. The molecule has 0 unspecified atom stereocenters. The van der Waals surface area contributed by atoms with E-state index in [2.05, 4.69) is 10.1 Å². The molecule has 7 heteroatoms. The monoisotopic (exact) mass is 354 g/mol. The average Bonchev–Trinajstić information content (AvgIpc) is 2.61. The number of hydrogen-bond donors (Lipinski definition) is 1. The van der Waals surface area contributed by atoms with E-state index in [1.807, 2.05) is 6.92 Å². The molecule has 1 aliphatic rings. The van der Waals surface area contributed by atoms with Crippen LogP contribution in [0.3, 0.4) is 0 Å². The highest BCUT2D eigenvalue weighted by Gasteiger charge is 2.26. The van der Waals surface area contributed by atoms with Gasteiger partial charge in [-0.05, 0) is 37.0 Å². The third-order valence-corrected chi connectivity index (χ3v) is 4.27. The maximum absolute atomic E-state index is 12.4. The first kappa shape index (κ1) is 19.1. The van der Waals surface area contributed by atoms with Gasteiger partial charge in [-0.1, -0.05) is 19.1 Å². The molecule has 1 aromatic rings. The van der Waals surface area contributed by atoms with Crippen LogP contribution in [0.25, 0.3) is 0 Å². The summed E-state index contributed by atoms with van der Waals surface area (Å²) in [6, 6.07) is 6.08. The van der Waals surface area contributed by atoms with E-state index >= 15 is 0 Å². The van der Waals surface area contributed by atoms with Crippen LogP contribution in [0.4, 0.5) is 8.78 Å². The van der Waals surface area contributed by atoms with Crippen LogP contribution < -0.4 is 10.1 Å². The molecule has 0 saturated carbocycles. The molecule has 2 amide bonds. The first-order chi connectivity index (χ1) is 12.0. The van der Waals surface area contributed by atoms with Crippen LogP contribution in [0.15, 0.2) is 24.3 Å². The summed E-state index contributed by atoms with van der Waals surface area (Å²) in [5.41, 5.74) is 0.745. The second kappa shape index (κ2) is 9.34. The van der Waals surface area contributed by atoms with Crippen molar-refractivity contribution in [2.45, 2.75) is 39.2 Å². The van der Waals surface area contributed by atoms with Gasteiger partial charge in [-0.2, -0.15) is 8.78 Å². The van der Waals surface area contributed by atoms with Crippen LogP contribution in [-0.2, 0) is 16.0 Å². The summed E-state index contributed by atoms with van der Waals surface area (Å²) in [6.07, 6.45) is 2.46. The highest BCUT2D eigenvalue weighted by Crippen LogP contribution is 2.19. The van der Waals surface area contributed by atoms with Crippen LogP contribution in [-0.4, -0.2) is 43.0 Å². The fraction of sp³-hybridized carbons (Fsp3) is 0.556. The summed E-state index contributed by atoms with van der Waals surface area (Å²) < 4.78 is 28.5. The van der Waals surface area contributed by atoms with Gasteiger partial charge in [0.2, 0.25) is 11.8 Å². The third-order valence-electron chi connectivity index (χ3n) is 4.27. The number of halogens is 2. The van der Waals surface area contributed by atoms with Gasteiger partial charge in [0, 0.05) is 25.6 Å². The molecular formula is C18H24F2N2O3. The number of hydrogen-bond acceptors (Lipinski definition) is 3. The minimum Gasteiger partial charge on any atom is -0.435 e. The number of amides is 2. The van der Waals surface area contributed by atoms with Crippen molar-refractivity contribution in [3.05, 3.63) is 29.8 Å². The van der Waals surface area contributed by atoms with Crippen molar-refractivity contribution in [2.75, 3.05) is 19.6 Å². The average molecular weight is 354 g/mol. The number of piperidine rings is 1. The Bertz CT molecular complexity index is 570. The number of nitrogens with one attached hydrogen (secondary N) is 1. The lowest BCUT2D eigenvalue weighted by Crippen LogP contribution is -2.43. The van der Waals surface area contributed by atoms with Gasteiger partial charge in [-0.15, -0.1) is 0 Å². The lowest BCUT2D eigenvalue weighted by molar-refractivity contribution is -0.135. The van der Waals surface area contributed by atoms with Crippen molar-refractivity contribution in [1.82, 2.24) is 10.2 Å². The molecule has 5 nitrogen and oxygen atoms in total. The molecule has 138 valence electrons. The molecule has 1 N–H and O–H groups in total. The number of nitrogens with zero attached hydrogens (tertiary/aromatic N) is 1. The summed E-state index contributed by atoms with van der Waals surface area (Å²) in [7, 11) is 0. The van der Waals surface area contributed by atoms with Crippen LogP contribution in [0, 0.1) is 5.92 Å². The van der Waals surface area contributed by atoms with E-state index < -0.39 is 6.61 Å². The fourth-order valence-electron chi connectivity index (χ4n) is 2.86. The van der Waals surface area contributed by atoms with Crippen LogP contribution in [0.1, 0.15) is 31.7 Å². The van der Waals surface area contributed by atoms with E-state index in [-0.39, 0.29) is 29.9 Å². The quantitative estimate of drug-likeness (QED) is 0.819. The van der Waals surface area contributed by atoms with Gasteiger partial charge in [0.05, 0.1) is 6.42 Å². The molecule has 0 radical (unpaired) electrons. The number of ether oxygens (including phenoxy) is 1. The van der Waals surface area contributed by atoms with Crippen molar-refractivity contribution in [1.29, 1.82) is 0 Å². The van der Waals surface area contributed by atoms with Crippen molar-refractivity contribution >= 4 is 11.8 Å². The predicted octanol–water partition coefficient (Wildman–Crippen LogP) is 2.60. The van der Waals surface area contributed by atoms with Gasteiger partial charge in [0.1, 0.15) is 5.75 Å². The summed E-state index contributed by atoms with van der Waals surface area (Å²) in [5.74, 6) is 0.102. The summed E-state index contributed by atoms with van der Waals surface area (Å²) in [6.45, 7) is 0.964. The Balaban J connectivity index is 1.79. The van der Waals surface area contributed by atoms with Gasteiger partial charge in [0.25, 0.3) is 0 Å². The number of carbonyl (C=O) groups is 2. The van der Waals surface area contributed by atoms with Crippen LogP contribution >= 0.6 is 0 Å². The van der Waals surface area contributed by atoms with E-state index in [4.69, 9.17) is 0 Å². The van der Waals surface area contributed by atoms with Gasteiger partial charge < -0.3 is 15.0 Å². The predicted molar refractivity (Wildman–Crippen MR) is 89.4 cm³/mol. The Morgan fingerprint density at radius 2 is 1.88 bits per heavy atom. The molecule has 0 aromatic heterocycles. The molecule has 0 bridgehead atoms. The molecule has 1 aromatic carbocycles. The minimum atomic E-state index is -2.86. The molecule has 1 aliphatic heterocycles. The SMILES string of the molecule is CCCNC(=O)C1CCN(C(=O)Cc2ccc(OC(F)F)cc2)CC1. The highest BCUT2D eigenvalue weighted by molar-refractivity contribution is 5.81. The normalized spacial score (nSPS) is 15.3. The van der Waals surface area contributed by atoms with Crippen molar-refractivity contribution in [3.8, 4) is 5.75 Å². The molecule has 0 aliphatic carbocycles. The van der Waals surface area contributed by atoms with Gasteiger partial charge in [-0.3, -0.25) is 9.59 Å². The number of benzene rings is 1. The van der Waals surface area contributed by atoms with Crippen LogP contribution in [0.5, 0.6) is 5.75 Å². The number of rotatable bonds is 7. The first-order valence-corrected chi connectivity index (χ1v) is 8.58. The van der Waals surface area contributed by atoms with E-state index in [9.17, 15) is 18.4 Å². The number of carbonyl (C=O) groups excluding carboxylic acids is 2. The zero-order valence-electron chi connectivity index (χ0n) is 14.3. The molecule has 1 saturated heterocycles. The molecule has 1 fully saturated rings. The lowest BCUT2D eigenvalue weighted by Gasteiger charge is -2.31. The first-order valence-electron chi connectivity index (χ1n) is 8.58. The molecular weight excluding hydrogens is 330 g/mol. The molecule has 0 spiro atoms. The smallest absolute Gasteiger partial charge is 0.387 e. The molecule has 25 heavy (non-hydrogen) atoms. The second-order valence-electron chi connectivity index (χ2n) is 6.15. The summed E-state index contributed by atoms with van der Waals surface area (Å²) >= 11 is 0. The Kier molecular flexibility index (Phi) is 7.16. The van der Waals surface area contributed by atoms with Crippen LogP contribution in [0.2, 0.25) is 0 Å².